The summed E-state index contributed by atoms with van der Waals surface area (Å²) in [5, 5.41) is 6.45. The number of carbonyl (C=O) groups is 1. The lowest BCUT2D eigenvalue weighted by atomic mass is 9.95. The number of carbonyl (C=O) groups excluding carboxylic acids is 1. The lowest BCUT2D eigenvalue weighted by molar-refractivity contribution is -0.141. The van der Waals surface area contributed by atoms with E-state index in [9.17, 15) is 18.0 Å². The number of piperidine rings is 1. The average molecular weight is 513 g/mol. The molecule has 194 valence electrons. The van der Waals surface area contributed by atoms with E-state index < -0.39 is 11.9 Å². The number of amides is 1. The van der Waals surface area contributed by atoms with E-state index in [1.807, 2.05) is 18.2 Å². The molecule has 2 aliphatic rings. The molecule has 2 aromatic heterocycles. The molecule has 0 spiro atoms. The van der Waals surface area contributed by atoms with Crippen LogP contribution in [0.15, 0.2) is 48.9 Å². The molecule has 8 nitrogen and oxygen atoms in total. The van der Waals surface area contributed by atoms with Gasteiger partial charge in [-0.15, -0.1) is 0 Å². The van der Waals surface area contributed by atoms with Crippen LogP contribution < -0.4 is 10.6 Å². The molecule has 0 radical (unpaired) electrons. The molecule has 4 heterocycles. The van der Waals surface area contributed by atoms with E-state index in [0.29, 0.717) is 40.4 Å². The van der Waals surface area contributed by atoms with Crippen LogP contribution >= 0.6 is 0 Å². The number of H-pyrrole nitrogens is 1. The Morgan fingerprint density at radius 2 is 2.00 bits per heavy atom. The number of hydrogen-bond donors (Lipinski definition) is 3. The molecule has 3 N–H and O–H groups in total. The molecule has 5 rings (SSSR count). The third-order valence-corrected chi connectivity index (χ3v) is 6.66. The molecular weight excluding hydrogens is 485 g/mol. The molecule has 0 bridgehead atoms. The molecule has 1 saturated heterocycles. The molecule has 0 aliphatic carbocycles. The molecule has 0 atom stereocenters. The Balaban J connectivity index is 1.47. The number of anilines is 2. The number of benzene rings is 1. The van der Waals surface area contributed by atoms with Crippen LogP contribution in [0.3, 0.4) is 0 Å². The van der Waals surface area contributed by atoms with Crippen molar-refractivity contribution in [2.24, 2.45) is 0 Å². The van der Waals surface area contributed by atoms with Crippen LogP contribution in [0.5, 0.6) is 0 Å². The van der Waals surface area contributed by atoms with E-state index in [-0.39, 0.29) is 11.9 Å². The number of aromatic nitrogens is 3. The van der Waals surface area contributed by atoms with Gasteiger partial charge in [0.15, 0.2) is 0 Å². The van der Waals surface area contributed by atoms with E-state index in [0.717, 1.165) is 50.4 Å². The molecule has 37 heavy (non-hydrogen) atoms. The van der Waals surface area contributed by atoms with Crippen molar-refractivity contribution in [1.29, 1.82) is 0 Å². The van der Waals surface area contributed by atoms with Gasteiger partial charge in [0.25, 0.3) is 5.91 Å². The van der Waals surface area contributed by atoms with E-state index >= 15 is 0 Å². The fourth-order valence-corrected chi connectivity index (χ4v) is 4.77. The third-order valence-electron chi connectivity index (χ3n) is 6.66. The van der Waals surface area contributed by atoms with Crippen LogP contribution in [-0.4, -0.2) is 65.2 Å². The van der Waals surface area contributed by atoms with Crippen molar-refractivity contribution in [3.8, 4) is 0 Å². The summed E-state index contributed by atoms with van der Waals surface area (Å²) in [7, 11) is 1.70. The number of rotatable bonds is 7. The predicted molar refractivity (Wildman–Crippen MR) is 134 cm³/mol. The van der Waals surface area contributed by atoms with Crippen molar-refractivity contribution in [2.45, 2.75) is 25.1 Å². The van der Waals surface area contributed by atoms with Gasteiger partial charge in [0.1, 0.15) is 11.5 Å². The normalized spacial score (nSPS) is 18.0. The summed E-state index contributed by atoms with van der Waals surface area (Å²) in [4.78, 5) is 26.4. The minimum absolute atomic E-state index is 0.290. The van der Waals surface area contributed by atoms with Crippen molar-refractivity contribution in [3.63, 3.8) is 0 Å². The minimum Gasteiger partial charge on any atom is -0.383 e. The first-order valence-corrected chi connectivity index (χ1v) is 12.0. The van der Waals surface area contributed by atoms with E-state index in [4.69, 9.17) is 4.74 Å². The number of nitrogens with one attached hydrogen (secondary N) is 3. The van der Waals surface area contributed by atoms with Crippen LogP contribution in [0, 0.1) is 0 Å². The van der Waals surface area contributed by atoms with Crippen LogP contribution in [0.2, 0.25) is 0 Å². The number of likely N-dealkylation sites (tertiary alicyclic amines) is 1. The monoisotopic (exact) mass is 512 g/mol. The molecule has 0 saturated carbocycles. The van der Waals surface area contributed by atoms with Gasteiger partial charge in [-0.05, 0) is 37.1 Å². The maximum absolute atomic E-state index is 13.1. The van der Waals surface area contributed by atoms with Gasteiger partial charge in [0.05, 0.1) is 12.2 Å². The average Bonchev–Trinajstić information content (AvgIpc) is 3.52. The molecule has 0 unspecified atom stereocenters. The highest BCUT2D eigenvalue weighted by Crippen LogP contribution is 2.41. The minimum atomic E-state index is -4.56. The zero-order valence-electron chi connectivity index (χ0n) is 20.2. The molecule has 3 aromatic rings. The molecule has 2 aliphatic heterocycles. The van der Waals surface area contributed by atoms with E-state index in [2.05, 4.69) is 30.5 Å². The predicted octanol–water partition coefficient (Wildman–Crippen LogP) is 4.26. The first-order valence-electron chi connectivity index (χ1n) is 12.0. The fourth-order valence-electron chi connectivity index (χ4n) is 4.77. The number of halogens is 3. The molecular formula is C26H27F3N6O2. The maximum Gasteiger partial charge on any atom is 0.433 e. The summed E-state index contributed by atoms with van der Waals surface area (Å²) >= 11 is 0. The van der Waals surface area contributed by atoms with E-state index in [1.54, 1.807) is 13.3 Å². The second-order valence-electron chi connectivity index (χ2n) is 9.09. The van der Waals surface area contributed by atoms with Gasteiger partial charge < -0.3 is 25.3 Å². The summed E-state index contributed by atoms with van der Waals surface area (Å²) in [6, 6.07) is 8.17. The van der Waals surface area contributed by atoms with Crippen LogP contribution in [-0.2, 0) is 15.7 Å². The first-order chi connectivity index (χ1) is 17.8. The van der Waals surface area contributed by atoms with Crippen molar-refractivity contribution >= 4 is 28.4 Å². The Hall–Kier alpha value is -3.70. The number of alkyl halides is 3. The molecule has 1 aromatic carbocycles. The summed E-state index contributed by atoms with van der Waals surface area (Å²) in [6.45, 7) is 3.57. The second-order valence-corrected chi connectivity index (χ2v) is 9.09. The topological polar surface area (TPSA) is 95.2 Å². The number of methoxy groups -OCH3 is 1. The van der Waals surface area contributed by atoms with Gasteiger partial charge in [0.2, 0.25) is 0 Å². The van der Waals surface area contributed by atoms with Gasteiger partial charge in [-0.3, -0.25) is 9.78 Å². The van der Waals surface area contributed by atoms with Gasteiger partial charge in [-0.1, -0.05) is 6.07 Å². The van der Waals surface area contributed by atoms with E-state index in [1.165, 1.54) is 12.3 Å². The summed E-state index contributed by atoms with van der Waals surface area (Å²) in [6.07, 6.45) is 1.65. The highest BCUT2D eigenvalue weighted by Gasteiger charge is 2.34. The Bertz CT molecular complexity index is 1280. The number of hydrogen-bond acceptors (Lipinski definition) is 6. The SMILES string of the molecule is COCCN1CCC(Nc2ccc3c(c2)C(=C(c2ccc(C(F)(F)F)nc2)c2ncc[nH]2)C(=O)N3)CC1. The zero-order valence-corrected chi connectivity index (χ0v) is 20.2. The summed E-state index contributed by atoms with van der Waals surface area (Å²) in [5.41, 5.74) is 2.20. The highest BCUT2D eigenvalue weighted by molar-refractivity contribution is 6.38. The number of aromatic amines is 1. The summed E-state index contributed by atoms with van der Waals surface area (Å²) < 4.78 is 44.5. The molecule has 1 fully saturated rings. The third kappa shape index (κ3) is 5.37. The van der Waals surface area contributed by atoms with Gasteiger partial charge in [-0.2, -0.15) is 13.2 Å². The lowest BCUT2D eigenvalue weighted by Crippen LogP contribution is -2.40. The van der Waals surface area contributed by atoms with Crippen LogP contribution in [0.4, 0.5) is 24.5 Å². The number of nitrogens with zero attached hydrogens (tertiary/aromatic N) is 3. The quantitative estimate of drug-likeness (QED) is 0.410. The second kappa shape index (κ2) is 10.3. The number of ether oxygens (including phenoxy) is 1. The number of fused-ring (bicyclic) bond motifs is 1. The first kappa shape index (κ1) is 25.0. The Kier molecular flexibility index (Phi) is 6.98. The van der Waals surface area contributed by atoms with Crippen LogP contribution in [0.25, 0.3) is 11.1 Å². The van der Waals surface area contributed by atoms with Gasteiger partial charge >= 0.3 is 6.18 Å². The Morgan fingerprint density at radius 3 is 2.65 bits per heavy atom. The van der Waals surface area contributed by atoms with Crippen molar-refractivity contribution in [2.75, 3.05) is 44.0 Å². The fraction of sp³-hybridized carbons (Fsp3) is 0.346. The van der Waals surface area contributed by atoms with Crippen molar-refractivity contribution in [3.05, 3.63) is 71.6 Å². The van der Waals surface area contributed by atoms with Gasteiger partial charge in [0, 0.05) is 79.5 Å². The zero-order chi connectivity index (χ0) is 26.0. The van der Waals surface area contributed by atoms with Crippen molar-refractivity contribution in [1.82, 2.24) is 19.9 Å². The maximum atomic E-state index is 13.1. The van der Waals surface area contributed by atoms with Crippen LogP contribution in [0.1, 0.15) is 35.5 Å². The van der Waals surface area contributed by atoms with Gasteiger partial charge in [-0.25, -0.2) is 4.98 Å². The number of imidazole rings is 1. The Labute approximate surface area is 212 Å². The number of pyridine rings is 1. The Morgan fingerprint density at radius 1 is 1.19 bits per heavy atom. The smallest absolute Gasteiger partial charge is 0.383 e. The molecule has 1 amide bonds. The summed E-state index contributed by atoms with van der Waals surface area (Å²) in [5.74, 6) is 0.00579. The largest absolute Gasteiger partial charge is 0.433 e. The standard InChI is InChI=1S/C26H27F3N6O2/c1-37-13-12-35-10-6-17(7-11-35)33-18-3-4-20-19(14-18)23(25(36)34-20)22(24-30-8-9-31-24)16-2-5-21(32-15-16)26(27,28)29/h2-5,8-9,14-15,17,33H,6-7,10-13H2,1H3,(H,30,31)(H,34,36). The highest BCUT2D eigenvalue weighted by atomic mass is 19.4. The lowest BCUT2D eigenvalue weighted by Gasteiger charge is -2.32. The molecule has 11 heteroatoms. The van der Waals surface area contributed by atoms with Crippen molar-refractivity contribution < 1.29 is 22.7 Å².